The van der Waals surface area contributed by atoms with Crippen LogP contribution in [0.15, 0.2) is 72.8 Å². The van der Waals surface area contributed by atoms with E-state index in [0.29, 0.717) is 60.2 Å². The first kappa shape index (κ1) is 30.1. The van der Waals surface area contributed by atoms with E-state index < -0.39 is 0 Å². The van der Waals surface area contributed by atoms with E-state index >= 15 is 0 Å². The van der Waals surface area contributed by atoms with Gasteiger partial charge in [-0.05, 0) is 105 Å². The highest BCUT2D eigenvalue weighted by atomic mass is 35.5. The summed E-state index contributed by atoms with van der Waals surface area (Å²) in [7, 11) is 0. The zero-order chi connectivity index (χ0) is 29.0. The normalized spacial score (nSPS) is 16.4. The SMILES string of the molecule is CCOC(=O)C1CCC(Oc2ccc(C(=O)CCCNC(=O)c3ccc(OCc4cccc(Cl)c4)cc3)cc2)CC1. The molecule has 0 bridgehead atoms. The molecule has 0 unspecified atom stereocenters. The lowest BCUT2D eigenvalue weighted by atomic mass is 9.87. The number of ether oxygens (including phenoxy) is 3. The summed E-state index contributed by atoms with van der Waals surface area (Å²) in [4.78, 5) is 37.0. The molecule has 0 spiro atoms. The van der Waals surface area contributed by atoms with Crippen LogP contribution < -0.4 is 14.8 Å². The first-order valence-corrected chi connectivity index (χ1v) is 14.5. The topological polar surface area (TPSA) is 90.9 Å². The van der Waals surface area contributed by atoms with Crippen molar-refractivity contribution in [1.82, 2.24) is 5.32 Å². The van der Waals surface area contributed by atoms with Crippen LogP contribution >= 0.6 is 11.6 Å². The number of carbonyl (C=O) groups excluding carboxylic acids is 3. The molecule has 0 atom stereocenters. The van der Waals surface area contributed by atoms with Gasteiger partial charge in [-0.2, -0.15) is 0 Å². The van der Waals surface area contributed by atoms with Crippen LogP contribution in [0.25, 0.3) is 0 Å². The minimum atomic E-state index is -0.198. The molecule has 1 aliphatic rings. The second kappa shape index (κ2) is 15.2. The third-order valence-electron chi connectivity index (χ3n) is 7.05. The van der Waals surface area contributed by atoms with E-state index in [2.05, 4.69) is 5.32 Å². The van der Waals surface area contributed by atoms with Gasteiger partial charge >= 0.3 is 5.97 Å². The summed E-state index contributed by atoms with van der Waals surface area (Å²) in [5.41, 5.74) is 2.10. The maximum Gasteiger partial charge on any atom is 0.308 e. The van der Waals surface area contributed by atoms with Crippen molar-refractivity contribution in [3.8, 4) is 11.5 Å². The summed E-state index contributed by atoms with van der Waals surface area (Å²) in [6.07, 6.45) is 4.06. The van der Waals surface area contributed by atoms with Crippen LogP contribution in [0.5, 0.6) is 11.5 Å². The van der Waals surface area contributed by atoms with E-state index in [1.165, 1.54) is 0 Å². The molecule has 4 rings (SSSR count). The summed E-state index contributed by atoms with van der Waals surface area (Å²) in [6, 6.07) is 21.6. The number of benzene rings is 3. The first-order valence-electron chi connectivity index (χ1n) is 14.1. The Hall–Kier alpha value is -3.84. The number of amides is 1. The monoisotopic (exact) mass is 577 g/mol. The van der Waals surface area contributed by atoms with Crippen molar-refractivity contribution < 1.29 is 28.6 Å². The Balaban J connectivity index is 1.13. The molecule has 0 radical (unpaired) electrons. The fourth-order valence-electron chi connectivity index (χ4n) is 4.78. The minimum Gasteiger partial charge on any atom is -0.490 e. The molecule has 1 saturated carbocycles. The van der Waals surface area contributed by atoms with Gasteiger partial charge in [-0.3, -0.25) is 14.4 Å². The zero-order valence-electron chi connectivity index (χ0n) is 23.3. The Morgan fingerprint density at radius 2 is 1.56 bits per heavy atom. The molecule has 7 nitrogen and oxygen atoms in total. The third kappa shape index (κ3) is 9.35. The summed E-state index contributed by atoms with van der Waals surface area (Å²) in [5.74, 6) is 1.04. The van der Waals surface area contributed by atoms with E-state index in [-0.39, 0.29) is 29.7 Å². The Kier molecular flexibility index (Phi) is 11.2. The molecule has 0 heterocycles. The van der Waals surface area contributed by atoms with E-state index in [1.54, 1.807) is 36.4 Å². The lowest BCUT2D eigenvalue weighted by Gasteiger charge is -2.27. The lowest BCUT2D eigenvalue weighted by molar-refractivity contribution is -0.149. The fourth-order valence-corrected chi connectivity index (χ4v) is 4.99. The Labute approximate surface area is 246 Å². The molecule has 0 aromatic heterocycles. The predicted octanol–water partition coefficient (Wildman–Crippen LogP) is 6.81. The number of carbonyl (C=O) groups is 3. The van der Waals surface area contributed by atoms with Crippen LogP contribution in [-0.2, 0) is 16.1 Å². The number of esters is 1. The lowest BCUT2D eigenvalue weighted by Crippen LogP contribution is -2.29. The molecule has 216 valence electrons. The van der Waals surface area contributed by atoms with E-state index in [4.69, 9.17) is 25.8 Å². The maximum absolute atomic E-state index is 12.6. The average Bonchev–Trinajstić information content (AvgIpc) is 2.99. The molecule has 1 fully saturated rings. The summed E-state index contributed by atoms with van der Waals surface area (Å²) < 4.78 is 17.0. The van der Waals surface area contributed by atoms with E-state index in [9.17, 15) is 14.4 Å². The van der Waals surface area contributed by atoms with Crippen LogP contribution in [0.4, 0.5) is 0 Å². The van der Waals surface area contributed by atoms with Crippen molar-refractivity contribution in [3.05, 3.63) is 94.5 Å². The smallest absolute Gasteiger partial charge is 0.308 e. The molecule has 0 aliphatic heterocycles. The largest absolute Gasteiger partial charge is 0.490 e. The number of rotatable bonds is 13. The summed E-state index contributed by atoms with van der Waals surface area (Å²) >= 11 is 6.00. The maximum atomic E-state index is 12.6. The molecular formula is C33H36ClNO6. The van der Waals surface area contributed by atoms with Crippen molar-refractivity contribution in [2.75, 3.05) is 13.2 Å². The summed E-state index contributed by atoms with van der Waals surface area (Å²) in [6.45, 7) is 3.01. The average molecular weight is 578 g/mol. The van der Waals surface area contributed by atoms with Crippen LogP contribution in [0, 0.1) is 5.92 Å². The number of hydrogen-bond acceptors (Lipinski definition) is 6. The van der Waals surface area contributed by atoms with Crippen molar-refractivity contribution in [2.24, 2.45) is 5.92 Å². The molecule has 1 aliphatic carbocycles. The second-order valence-corrected chi connectivity index (χ2v) is 10.5. The molecule has 8 heteroatoms. The molecule has 0 saturated heterocycles. The summed E-state index contributed by atoms with van der Waals surface area (Å²) in [5, 5.41) is 3.52. The van der Waals surface area contributed by atoms with Gasteiger partial charge in [0.1, 0.15) is 18.1 Å². The highest BCUT2D eigenvalue weighted by Crippen LogP contribution is 2.29. The van der Waals surface area contributed by atoms with Crippen LogP contribution in [0.2, 0.25) is 5.02 Å². The van der Waals surface area contributed by atoms with Crippen LogP contribution in [-0.4, -0.2) is 36.9 Å². The second-order valence-electron chi connectivity index (χ2n) is 10.1. The predicted molar refractivity (Wildman–Crippen MR) is 158 cm³/mol. The minimum absolute atomic E-state index is 0.0157. The number of Topliss-reactive ketones (excluding diaryl/α,β-unsaturated/α-hetero) is 1. The Morgan fingerprint density at radius 3 is 2.24 bits per heavy atom. The molecular weight excluding hydrogens is 542 g/mol. The number of ketones is 1. The van der Waals surface area contributed by atoms with E-state index in [1.807, 2.05) is 43.3 Å². The van der Waals surface area contributed by atoms with Gasteiger partial charge in [0.25, 0.3) is 5.91 Å². The van der Waals surface area contributed by atoms with Crippen molar-refractivity contribution >= 4 is 29.3 Å². The van der Waals surface area contributed by atoms with Gasteiger partial charge in [-0.15, -0.1) is 0 Å². The molecule has 1 N–H and O–H groups in total. The zero-order valence-corrected chi connectivity index (χ0v) is 24.0. The Morgan fingerprint density at radius 1 is 0.878 bits per heavy atom. The third-order valence-corrected chi connectivity index (χ3v) is 7.29. The van der Waals surface area contributed by atoms with Gasteiger partial charge in [0.2, 0.25) is 0 Å². The molecule has 3 aromatic rings. The number of nitrogens with one attached hydrogen (secondary N) is 1. The van der Waals surface area contributed by atoms with Gasteiger partial charge in [-0.1, -0.05) is 23.7 Å². The van der Waals surface area contributed by atoms with Crippen molar-refractivity contribution in [3.63, 3.8) is 0 Å². The van der Waals surface area contributed by atoms with E-state index in [0.717, 1.165) is 31.2 Å². The van der Waals surface area contributed by atoms with Gasteiger partial charge in [0.05, 0.1) is 18.6 Å². The number of halogens is 1. The number of hydrogen-bond donors (Lipinski definition) is 1. The highest BCUT2D eigenvalue weighted by molar-refractivity contribution is 6.30. The fraction of sp³-hybridized carbons (Fsp3) is 0.364. The highest BCUT2D eigenvalue weighted by Gasteiger charge is 2.28. The van der Waals surface area contributed by atoms with Crippen LogP contribution in [0.1, 0.15) is 71.7 Å². The van der Waals surface area contributed by atoms with Crippen LogP contribution in [0.3, 0.4) is 0 Å². The van der Waals surface area contributed by atoms with Crippen molar-refractivity contribution in [1.29, 1.82) is 0 Å². The van der Waals surface area contributed by atoms with Gasteiger partial charge in [0, 0.05) is 29.1 Å². The Bertz CT molecular complexity index is 1300. The first-order chi connectivity index (χ1) is 19.9. The van der Waals surface area contributed by atoms with Crippen molar-refractivity contribution in [2.45, 2.75) is 58.2 Å². The molecule has 3 aromatic carbocycles. The van der Waals surface area contributed by atoms with Gasteiger partial charge in [0.15, 0.2) is 5.78 Å². The molecule has 1 amide bonds. The van der Waals surface area contributed by atoms with Gasteiger partial charge in [-0.25, -0.2) is 0 Å². The standard InChI is InChI=1S/C33H36ClNO6/c1-2-39-33(38)26-12-18-30(19-13-26)41-29-16-8-24(9-17-29)31(36)7-4-20-35-32(37)25-10-14-28(15-11-25)40-22-23-5-3-6-27(34)21-23/h3,5-6,8-11,14-17,21,26,30H,2,4,7,12-13,18-20,22H2,1H3,(H,35,37). The van der Waals surface area contributed by atoms with Gasteiger partial charge < -0.3 is 19.5 Å². The quantitative estimate of drug-likeness (QED) is 0.136. The molecule has 41 heavy (non-hydrogen) atoms.